The lowest BCUT2D eigenvalue weighted by Gasteiger charge is -2.06. The number of halogens is 1. The van der Waals surface area contributed by atoms with E-state index in [1.165, 1.54) is 28.9 Å². The van der Waals surface area contributed by atoms with Crippen molar-refractivity contribution in [2.45, 2.75) is 6.92 Å². The molecule has 0 aliphatic carbocycles. The molecule has 1 aromatic heterocycles. The molecule has 3 rings (SSSR count). The van der Waals surface area contributed by atoms with Crippen molar-refractivity contribution in [3.8, 4) is 5.69 Å². The molecule has 94 valence electrons. The minimum Gasteiger partial charge on any atom is -0.267 e. The zero-order chi connectivity index (χ0) is 13.4. The zero-order valence-electron chi connectivity index (χ0n) is 10.3. The van der Waals surface area contributed by atoms with Crippen LogP contribution in [-0.2, 0) is 0 Å². The third kappa shape index (κ3) is 2.01. The lowest BCUT2D eigenvalue weighted by atomic mass is 10.1. The quantitative estimate of drug-likeness (QED) is 0.669. The third-order valence-electron chi connectivity index (χ3n) is 3.01. The highest BCUT2D eigenvalue weighted by Crippen LogP contribution is 2.12. The molecule has 0 fully saturated rings. The van der Waals surface area contributed by atoms with E-state index in [9.17, 15) is 9.18 Å². The van der Waals surface area contributed by atoms with Crippen LogP contribution in [0.5, 0.6) is 0 Å². The highest BCUT2D eigenvalue weighted by Gasteiger charge is 2.06. The van der Waals surface area contributed by atoms with E-state index in [2.05, 4.69) is 5.10 Å². The molecule has 0 atom stereocenters. The van der Waals surface area contributed by atoms with Crippen molar-refractivity contribution in [3.05, 3.63) is 70.4 Å². The van der Waals surface area contributed by atoms with E-state index in [4.69, 9.17) is 0 Å². The smallest absolute Gasteiger partial charge is 0.267 e. The van der Waals surface area contributed by atoms with Gasteiger partial charge in [-0.15, -0.1) is 0 Å². The summed E-state index contributed by atoms with van der Waals surface area (Å²) in [5, 5.41) is 5.54. The minimum absolute atomic E-state index is 0.205. The summed E-state index contributed by atoms with van der Waals surface area (Å²) >= 11 is 0. The Bertz CT molecular complexity index is 806. The Hall–Kier alpha value is -2.49. The number of hydrogen-bond donors (Lipinski definition) is 0. The molecule has 2 aromatic carbocycles. The van der Waals surface area contributed by atoms with E-state index in [0.717, 1.165) is 10.9 Å². The molecule has 3 nitrogen and oxygen atoms in total. The summed E-state index contributed by atoms with van der Waals surface area (Å²) in [5.41, 5.74) is 1.42. The van der Waals surface area contributed by atoms with Gasteiger partial charge in [0.15, 0.2) is 0 Å². The van der Waals surface area contributed by atoms with E-state index in [1.54, 1.807) is 12.3 Å². The van der Waals surface area contributed by atoms with Gasteiger partial charge in [-0.05, 0) is 43.3 Å². The molecule has 0 bridgehead atoms. The van der Waals surface area contributed by atoms with Gasteiger partial charge in [0.2, 0.25) is 0 Å². The molecule has 0 saturated heterocycles. The Balaban J connectivity index is 2.26. The lowest BCUT2D eigenvalue weighted by Crippen LogP contribution is -2.20. The maximum atomic E-state index is 12.9. The van der Waals surface area contributed by atoms with E-state index in [1.807, 2.05) is 19.1 Å². The van der Waals surface area contributed by atoms with Crippen molar-refractivity contribution in [1.82, 2.24) is 9.78 Å². The first kappa shape index (κ1) is 11.6. The Morgan fingerprint density at radius 3 is 2.58 bits per heavy atom. The molecular formula is C15H11FN2O. The highest BCUT2D eigenvalue weighted by atomic mass is 19.1. The Morgan fingerprint density at radius 1 is 1.11 bits per heavy atom. The SMILES string of the molecule is Cc1ccc2c(=O)n(-c3ccc(F)cc3)ncc2c1. The van der Waals surface area contributed by atoms with Gasteiger partial charge in [-0.1, -0.05) is 11.6 Å². The predicted molar refractivity (Wildman–Crippen MR) is 72.0 cm³/mol. The largest absolute Gasteiger partial charge is 0.279 e. The maximum Gasteiger partial charge on any atom is 0.279 e. The average molecular weight is 254 g/mol. The fraction of sp³-hybridized carbons (Fsp3) is 0.0667. The van der Waals surface area contributed by atoms with Gasteiger partial charge in [0.25, 0.3) is 5.56 Å². The van der Waals surface area contributed by atoms with Gasteiger partial charge in [0.1, 0.15) is 5.82 Å². The molecule has 0 spiro atoms. The van der Waals surface area contributed by atoms with Crippen molar-refractivity contribution in [3.63, 3.8) is 0 Å². The summed E-state index contributed by atoms with van der Waals surface area (Å²) in [6.45, 7) is 1.96. The highest BCUT2D eigenvalue weighted by molar-refractivity contribution is 5.81. The van der Waals surface area contributed by atoms with Crippen molar-refractivity contribution in [2.24, 2.45) is 0 Å². The van der Waals surface area contributed by atoms with E-state index >= 15 is 0 Å². The van der Waals surface area contributed by atoms with Crippen LogP contribution in [0.4, 0.5) is 4.39 Å². The van der Waals surface area contributed by atoms with Gasteiger partial charge >= 0.3 is 0 Å². The fourth-order valence-electron chi connectivity index (χ4n) is 2.04. The lowest BCUT2D eigenvalue weighted by molar-refractivity contribution is 0.626. The molecule has 0 radical (unpaired) electrons. The van der Waals surface area contributed by atoms with Crippen LogP contribution in [0.3, 0.4) is 0 Å². The van der Waals surface area contributed by atoms with Crippen molar-refractivity contribution in [1.29, 1.82) is 0 Å². The van der Waals surface area contributed by atoms with E-state index in [0.29, 0.717) is 11.1 Å². The average Bonchev–Trinajstić information content (AvgIpc) is 2.40. The number of fused-ring (bicyclic) bond motifs is 1. The summed E-state index contributed by atoms with van der Waals surface area (Å²) in [6.07, 6.45) is 1.65. The van der Waals surface area contributed by atoms with Gasteiger partial charge < -0.3 is 0 Å². The van der Waals surface area contributed by atoms with E-state index in [-0.39, 0.29) is 11.4 Å². The molecule has 0 unspecified atom stereocenters. The Morgan fingerprint density at radius 2 is 1.84 bits per heavy atom. The van der Waals surface area contributed by atoms with Crippen LogP contribution >= 0.6 is 0 Å². The molecule has 4 heteroatoms. The van der Waals surface area contributed by atoms with Crippen LogP contribution in [0.2, 0.25) is 0 Å². The van der Waals surface area contributed by atoms with Crippen LogP contribution in [-0.4, -0.2) is 9.78 Å². The summed E-state index contributed by atoms with van der Waals surface area (Å²) in [5.74, 6) is -0.340. The second-order valence-corrected chi connectivity index (χ2v) is 4.43. The van der Waals surface area contributed by atoms with Gasteiger partial charge in [-0.25, -0.2) is 4.39 Å². The van der Waals surface area contributed by atoms with Crippen molar-refractivity contribution >= 4 is 10.8 Å². The fourth-order valence-corrected chi connectivity index (χ4v) is 2.04. The maximum absolute atomic E-state index is 12.9. The molecule has 19 heavy (non-hydrogen) atoms. The second-order valence-electron chi connectivity index (χ2n) is 4.43. The van der Waals surface area contributed by atoms with Crippen LogP contribution in [0.1, 0.15) is 5.56 Å². The zero-order valence-corrected chi connectivity index (χ0v) is 10.3. The number of hydrogen-bond acceptors (Lipinski definition) is 2. The molecular weight excluding hydrogens is 243 g/mol. The summed E-state index contributed by atoms with van der Waals surface area (Å²) in [7, 11) is 0. The van der Waals surface area contributed by atoms with Gasteiger partial charge in [-0.2, -0.15) is 9.78 Å². The topological polar surface area (TPSA) is 34.9 Å². The first-order chi connectivity index (χ1) is 9.15. The molecule has 0 amide bonds. The van der Waals surface area contributed by atoms with Gasteiger partial charge in [-0.3, -0.25) is 4.79 Å². The van der Waals surface area contributed by atoms with Gasteiger partial charge in [0, 0.05) is 5.39 Å². The third-order valence-corrected chi connectivity index (χ3v) is 3.01. The number of benzene rings is 2. The first-order valence-corrected chi connectivity index (χ1v) is 5.90. The monoisotopic (exact) mass is 254 g/mol. The van der Waals surface area contributed by atoms with Crippen LogP contribution in [0.15, 0.2) is 53.5 Å². The second kappa shape index (κ2) is 4.31. The number of aryl methyl sites for hydroxylation is 1. The van der Waals surface area contributed by atoms with E-state index < -0.39 is 0 Å². The first-order valence-electron chi connectivity index (χ1n) is 5.90. The standard InChI is InChI=1S/C15H11FN2O/c1-10-2-7-14-11(8-10)9-17-18(15(14)19)13-5-3-12(16)4-6-13/h2-9H,1H3. The Kier molecular flexibility index (Phi) is 2.63. The molecule has 0 aliphatic rings. The minimum atomic E-state index is -0.340. The van der Waals surface area contributed by atoms with Crippen molar-refractivity contribution in [2.75, 3.05) is 0 Å². The number of nitrogens with zero attached hydrogens (tertiary/aromatic N) is 2. The number of aromatic nitrogens is 2. The van der Waals surface area contributed by atoms with Crippen LogP contribution in [0, 0.1) is 12.7 Å². The summed E-state index contributed by atoms with van der Waals surface area (Å²) in [6, 6.07) is 11.3. The molecule has 0 N–H and O–H groups in total. The summed E-state index contributed by atoms with van der Waals surface area (Å²) in [4.78, 5) is 12.3. The normalized spacial score (nSPS) is 10.8. The predicted octanol–water partition coefficient (Wildman–Crippen LogP) is 2.83. The van der Waals surface area contributed by atoms with Crippen molar-refractivity contribution < 1.29 is 4.39 Å². The summed E-state index contributed by atoms with van der Waals surface area (Å²) < 4.78 is 14.2. The molecule has 0 saturated carbocycles. The van der Waals surface area contributed by atoms with Gasteiger partial charge in [0.05, 0.1) is 17.3 Å². The Labute approximate surface area is 108 Å². The number of rotatable bonds is 1. The van der Waals surface area contributed by atoms with Crippen LogP contribution in [0.25, 0.3) is 16.5 Å². The van der Waals surface area contributed by atoms with Crippen LogP contribution < -0.4 is 5.56 Å². The molecule has 3 aromatic rings. The molecule has 1 heterocycles. The molecule has 0 aliphatic heterocycles.